The Bertz CT molecular complexity index is 859. The molecular formula is C16H13ClN4O2. The third kappa shape index (κ3) is 3.17. The molecule has 7 heteroatoms. The average molecular weight is 329 g/mol. The van der Waals surface area contributed by atoms with E-state index in [4.69, 9.17) is 11.6 Å². The molecular weight excluding hydrogens is 316 g/mol. The minimum Gasteiger partial charge on any atom is -0.505 e. The maximum Gasteiger partial charge on any atom is 0.279 e. The molecule has 0 bridgehead atoms. The molecule has 0 unspecified atom stereocenters. The number of rotatable bonds is 3. The van der Waals surface area contributed by atoms with Crippen LogP contribution in [-0.2, 0) is 0 Å². The maximum atomic E-state index is 12.1. The number of aromatic nitrogens is 3. The zero-order valence-electron chi connectivity index (χ0n) is 12.2. The maximum absolute atomic E-state index is 12.1. The van der Waals surface area contributed by atoms with Crippen molar-refractivity contribution < 1.29 is 9.90 Å². The minimum atomic E-state index is -0.524. The molecule has 0 aliphatic rings. The minimum absolute atomic E-state index is 0.0498. The first kappa shape index (κ1) is 15.1. The summed E-state index contributed by atoms with van der Waals surface area (Å²) in [5.41, 5.74) is 1.62. The van der Waals surface area contributed by atoms with E-state index in [-0.39, 0.29) is 11.4 Å². The Morgan fingerprint density at radius 1 is 1.26 bits per heavy atom. The first-order chi connectivity index (χ1) is 11.0. The number of nitrogens with zero attached hydrogens (tertiary/aromatic N) is 3. The monoisotopic (exact) mass is 328 g/mol. The zero-order valence-corrected chi connectivity index (χ0v) is 12.9. The Morgan fingerprint density at radius 2 is 2.00 bits per heavy atom. The topological polar surface area (TPSA) is 80.0 Å². The Morgan fingerprint density at radius 3 is 2.70 bits per heavy atom. The molecule has 0 atom stereocenters. The number of hydrogen-bond donors (Lipinski definition) is 2. The van der Waals surface area contributed by atoms with Gasteiger partial charge in [0.1, 0.15) is 5.75 Å². The fourth-order valence-electron chi connectivity index (χ4n) is 2.13. The fourth-order valence-corrected chi connectivity index (χ4v) is 2.25. The molecule has 1 amide bonds. The van der Waals surface area contributed by atoms with E-state index in [1.165, 1.54) is 12.3 Å². The van der Waals surface area contributed by atoms with Crippen LogP contribution in [0.1, 0.15) is 16.2 Å². The summed E-state index contributed by atoms with van der Waals surface area (Å²) in [7, 11) is 0. The van der Waals surface area contributed by atoms with Crippen molar-refractivity contribution in [2.75, 3.05) is 5.32 Å². The summed E-state index contributed by atoms with van der Waals surface area (Å²) in [6.45, 7) is 1.87. The molecule has 0 saturated carbocycles. The van der Waals surface area contributed by atoms with Gasteiger partial charge in [0.2, 0.25) is 0 Å². The van der Waals surface area contributed by atoms with Gasteiger partial charge < -0.3 is 10.4 Å². The van der Waals surface area contributed by atoms with Crippen LogP contribution in [0.3, 0.4) is 0 Å². The predicted molar refractivity (Wildman–Crippen MR) is 87.2 cm³/mol. The molecule has 3 aromatic rings. The number of hydrogen-bond acceptors (Lipinski definition) is 4. The molecule has 23 heavy (non-hydrogen) atoms. The highest BCUT2D eigenvalue weighted by atomic mass is 35.5. The van der Waals surface area contributed by atoms with Crippen molar-refractivity contribution >= 4 is 23.3 Å². The number of halogens is 1. The largest absolute Gasteiger partial charge is 0.505 e. The van der Waals surface area contributed by atoms with Gasteiger partial charge in [0, 0.05) is 23.0 Å². The molecule has 2 heterocycles. The van der Waals surface area contributed by atoms with Crippen molar-refractivity contribution in [3.8, 4) is 11.4 Å². The van der Waals surface area contributed by atoms with Gasteiger partial charge in [0.15, 0.2) is 11.5 Å². The third-order valence-corrected chi connectivity index (χ3v) is 3.45. The van der Waals surface area contributed by atoms with E-state index in [0.717, 1.165) is 11.4 Å². The Balaban J connectivity index is 1.85. The smallest absolute Gasteiger partial charge is 0.279 e. The lowest BCUT2D eigenvalue weighted by Crippen LogP contribution is -2.14. The van der Waals surface area contributed by atoms with Crippen LogP contribution in [0.2, 0.25) is 5.02 Å². The van der Waals surface area contributed by atoms with Gasteiger partial charge in [-0.2, -0.15) is 0 Å². The van der Waals surface area contributed by atoms with E-state index in [0.29, 0.717) is 10.8 Å². The number of anilines is 1. The lowest BCUT2D eigenvalue weighted by atomic mass is 10.3. The first-order valence-electron chi connectivity index (χ1n) is 6.82. The lowest BCUT2D eigenvalue weighted by Gasteiger charge is -2.04. The van der Waals surface area contributed by atoms with Crippen LogP contribution in [0.25, 0.3) is 5.69 Å². The van der Waals surface area contributed by atoms with E-state index in [9.17, 15) is 9.90 Å². The van der Waals surface area contributed by atoms with Gasteiger partial charge in [-0.3, -0.25) is 4.79 Å². The van der Waals surface area contributed by atoms with Gasteiger partial charge in [0.05, 0.1) is 5.69 Å². The van der Waals surface area contributed by atoms with Crippen LogP contribution in [-0.4, -0.2) is 25.8 Å². The highest BCUT2D eigenvalue weighted by Gasteiger charge is 2.15. The van der Waals surface area contributed by atoms with Gasteiger partial charge in [-0.1, -0.05) is 11.6 Å². The highest BCUT2D eigenvalue weighted by Crippen LogP contribution is 2.19. The molecule has 0 aliphatic carbocycles. The Hall–Kier alpha value is -2.86. The van der Waals surface area contributed by atoms with Crippen molar-refractivity contribution in [2.45, 2.75) is 6.92 Å². The number of benzene rings is 1. The molecule has 6 nitrogen and oxygen atoms in total. The summed E-state index contributed by atoms with van der Waals surface area (Å²) >= 11 is 5.88. The summed E-state index contributed by atoms with van der Waals surface area (Å²) in [6.07, 6.45) is 1.44. The van der Waals surface area contributed by atoms with Crippen LogP contribution >= 0.6 is 11.6 Å². The van der Waals surface area contributed by atoms with E-state index in [2.05, 4.69) is 15.4 Å². The number of pyridine rings is 1. The number of aromatic hydroxyl groups is 1. The zero-order chi connectivity index (χ0) is 16.4. The van der Waals surface area contributed by atoms with Crippen LogP contribution in [0.5, 0.6) is 5.75 Å². The molecule has 0 saturated heterocycles. The summed E-state index contributed by atoms with van der Waals surface area (Å²) in [6, 6.07) is 11.9. The number of aryl methyl sites for hydroxylation is 1. The molecule has 2 aromatic heterocycles. The summed E-state index contributed by atoms with van der Waals surface area (Å²) in [4.78, 5) is 16.0. The van der Waals surface area contributed by atoms with Crippen LogP contribution < -0.4 is 5.32 Å². The van der Waals surface area contributed by atoms with E-state index < -0.39 is 5.91 Å². The average Bonchev–Trinajstić information content (AvgIpc) is 2.89. The van der Waals surface area contributed by atoms with E-state index >= 15 is 0 Å². The molecule has 2 N–H and O–H groups in total. The van der Waals surface area contributed by atoms with E-state index in [1.807, 2.05) is 19.1 Å². The standard InChI is InChI=1S/C16H13ClN4O2/c1-10-9-14(19-16(23)15-13(22)3-2-8-18-15)20-21(10)12-6-4-11(17)5-7-12/h2-9,22H,1H3,(H,19,20,23). The number of carbonyl (C=O) groups excluding carboxylic acids is 1. The van der Waals surface area contributed by atoms with Crippen LogP contribution in [0.15, 0.2) is 48.7 Å². The quantitative estimate of drug-likeness (QED) is 0.773. The Kier molecular flexibility index (Phi) is 3.99. The van der Waals surface area contributed by atoms with E-state index in [1.54, 1.807) is 28.9 Å². The highest BCUT2D eigenvalue weighted by molar-refractivity contribution is 6.30. The number of carbonyl (C=O) groups is 1. The predicted octanol–water partition coefficient (Wildman–Crippen LogP) is 3.19. The molecule has 0 spiro atoms. The molecule has 116 valence electrons. The van der Waals surface area contributed by atoms with Gasteiger partial charge >= 0.3 is 0 Å². The molecule has 1 aromatic carbocycles. The van der Waals surface area contributed by atoms with Crippen LogP contribution in [0.4, 0.5) is 5.82 Å². The van der Waals surface area contributed by atoms with Crippen molar-refractivity contribution in [3.63, 3.8) is 0 Å². The van der Waals surface area contributed by atoms with Gasteiger partial charge in [-0.25, -0.2) is 9.67 Å². The number of nitrogens with one attached hydrogen (secondary N) is 1. The molecule has 0 aliphatic heterocycles. The number of amides is 1. The van der Waals surface area contributed by atoms with Gasteiger partial charge in [0.25, 0.3) is 5.91 Å². The second-order valence-electron chi connectivity index (χ2n) is 4.88. The summed E-state index contributed by atoms with van der Waals surface area (Å²) < 4.78 is 1.68. The van der Waals surface area contributed by atoms with Gasteiger partial charge in [-0.15, -0.1) is 5.10 Å². The summed E-state index contributed by atoms with van der Waals surface area (Å²) in [5.74, 6) is -0.338. The first-order valence-corrected chi connectivity index (χ1v) is 7.20. The summed E-state index contributed by atoms with van der Waals surface area (Å²) in [5, 5.41) is 17.3. The Labute approximate surface area is 137 Å². The normalized spacial score (nSPS) is 10.5. The van der Waals surface area contributed by atoms with Crippen molar-refractivity contribution in [1.29, 1.82) is 0 Å². The van der Waals surface area contributed by atoms with Crippen molar-refractivity contribution in [3.05, 3.63) is 65.1 Å². The lowest BCUT2D eigenvalue weighted by molar-refractivity contribution is 0.101. The molecule has 0 radical (unpaired) electrons. The van der Waals surface area contributed by atoms with Crippen LogP contribution in [0, 0.1) is 6.92 Å². The third-order valence-electron chi connectivity index (χ3n) is 3.20. The fraction of sp³-hybridized carbons (Fsp3) is 0.0625. The SMILES string of the molecule is Cc1cc(NC(=O)c2ncccc2O)nn1-c1ccc(Cl)cc1. The van der Waals surface area contributed by atoms with Crippen molar-refractivity contribution in [1.82, 2.24) is 14.8 Å². The van der Waals surface area contributed by atoms with Crippen molar-refractivity contribution in [2.24, 2.45) is 0 Å². The molecule has 3 rings (SSSR count). The molecule has 0 fully saturated rings. The van der Waals surface area contributed by atoms with Gasteiger partial charge in [-0.05, 0) is 43.3 Å². The second-order valence-corrected chi connectivity index (χ2v) is 5.32. The second kappa shape index (κ2) is 6.10.